The summed E-state index contributed by atoms with van der Waals surface area (Å²) in [7, 11) is 0. The molecule has 0 radical (unpaired) electrons. The van der Waals surface area contributed by atoms with Gasteiger partial charge in [-0.15, -0.1) is 0 Å². The third kappa shape index (κ3) is 37.3. The van der Waals surface area contributed by atoms with E-state index in [4.69, 9.17) is 80.5 Å². The van der Waals surface area contributed by atoms with Crippen LogP contribution in [0, 0.1) is 0 Å². The highest BCUT2D eigenvalue weighted by Gasteiger charge is 2.14. The van der Waals surface area contributed by atoms with Crippen LogP contribution in [0.1, 0.15) is 38.5 Å². The van der Waals surface area contributed by atoms with Gasteiger partial charge in [0.1, 0.15) is 0 Å². The Morgan fingerprint density at radius 2 is 0.418 bits per heavy atom. The average Bonchev–Trinajstić information content (AvgIpc) is 3.22. The van der Waals surface area contributed by atoms with Crippen LogP contribution in [-0.2, 0) is 80.5 Å². The minimum atomic E-state index is -0.0687. The lowest BCUT2D eigenvalue weighted by Gasteiger charge is -2.22. The maximum atomic E-state index is 5.61. The van der Waals surface area contributed by atoms with Gasteiger partial charge in [-0.2, -0.15) is 0 Å². The molecule has 2 aliphatic rings. The fraction of sp³-hybridized carbons (Fsp3) is 1.00. The maximum Gasteiger partial charge on any atom is 0.157 e. The Labute approximate surface area is 329 Å². The van der Waals surface area contributed by atoms with Crippen molar-refractivity contribution in [2.24, 2.45) is 0 Å². The van der Waals surface area contributed by atoms with Gasteiger partial charge in [0.25, 0.3) is 0 Å². The van der Waals surface area contributed by atoms with Gasteiger partial charge in [-0.1, -0.05) is 0 Å². The Bertz CT molecular complexity index is 673. The third-order valence-electron chi connectivity index (χ3n) is 7.80. The van der Waals surface area contributed by atoms with Gasteiger partial charge in [-0.05, 0) is 38.5 Å². The standard InChI is InChI=1S/C38H74O17/c1-3-7-52-37(5-1)54-35-33-50-31-29-48-27-25-46-23-21-44-19-17-42-15-13-40-11-9-39-10-12-41-14-16-43-18-20-45-22-24-47-26-28-49-30-32-51-34-36-55-38-6-2-4-8-53-38/h37-38H,1-36H2/t37-,38+. The van der Waals surface area contributed by atoms with Gasteiger partial charge in [-0.3, -0.25) is 0 Å². The molecule has 2 aliphatic heterocycles. The average molecular weight is 803 g/mol. The molecule has 17 nitrogen and oxygen atoms in total. The molecule has 2 heterocycles. The molecule has 2 saturated heterocycles. The molecule has 0 aromatic heterocycles. The second kappa shape index (κ2) is 42.9. The largest absolute Gasteiger partial charge is 0.377 e. The lowest BCUT2D eigenvalue weighted by Crippen LogP contribution is -2.24. The second-order valence-corrected chi connectivity index (χ2v) is 12.3. The summed E-state index contributed by atoms with van der Waals surface area (Å²) in [5.74, 6) is 0. The van der Waals surface area contributed by atoms with E-state index in [1.54, 1.807) is 0 Å². The van der Waals surface area contributed by atoms with Crippen LogP contribution in [0.15, 0.2) is 0 Å². The van der Waals surface area contributed by atoms with E-state index < -0.39 is 0 Å². The van der Waals surface area contributed by atoms with E-state index in [2.05, 4.69) is 0 Å². The van der Waals surface area contributed by atoms with Crippen molar-refractivity contribution in [2.75, 3.05) is 198 Å². The van der Waals surface area contributed by atoms with E-state index in [9.17, 15) is 0 Å². The van der Waals surface area contributed by atoms with Crippen LogP contribution >= 0.6 is 0 Å². The van der Waals surface area contributed by atoms with Crippen molar-refractivity contribution in [3.05, 3.63) is 0 Å². The normalized spacial score (nSPS) is 17.7. The number of hydrogen-bond acceptors (Lipinski definition) is 17. The van der Waals surface area contributed by atoms with Crippen molar-refractivity contribution in [3.63, 3.8) is 0 Å². The Hall–Kier alpha value is -0.680. The molecular weight excluding hydrogens is 728 g/mol. The van der Waals surface area contributed by atoms with Crippen molar-refractivity contribution >= 4 is 0 Å². The topological polar surface area (TPSA) is 157 Å². The van der Waals surface area contributed by atoms with E-state index in [1.807, 2.05) is 0 Å². The molecule has 0 saturated carbocycles. The zero-order valence-electron chi connectivity index (χ0n) is 33.6. The molecule has 2 atom stereocenters. The molecule has 0 amide bonds. The summed E-state index contributed by atoms with van der Waals surface area (Å²) in [6.45, 7) is 16.1. The minimum Gasteiger partial charge on any atom is -0.377 e. The van der Waals surface area contributed by atoms with Gasteiger partial charge < -0.3 is 80.5 Å². The molecule has 0 aliphatic carbocycles. The minimum absolute atomic E-state index is 0.0687. The maximum absolute atomic E-state index is 5.61. The van der Waals surface area contributed by atoms with Crippen molar-refractivity contribution < 1.29 is 80.5 Å². The Morgan fingerprint density at radius 3 is 0.582 bits per heavy atom. The van der Waals surface area contributed by atoms with E-state index >= 15 is 0 Å². The Morgan fingerprint density at radius 1 is 0.236 bits per heavy atom. The number of rotatable bonds is 44. The van der Waals surface area contributed by atoms with Gasteiger partial charge in [0.15, 0.2) is 12.6 Å². The molecule has 328 valence electrons. The fourth-order valence-electron chi connectivity index (χ4n) is 4.90. The van der Waals surface area contributed by atoms with Crippen molar-refractivity contribution in [2.45, 2.75) is 51.1 Å². The Balaban J connectivity index is 1.10. The van der Waals surface area contributed by atoms with Crippen LogP contribution in [0.2, 0.25) is 0 Å². The van der Waals surface area contributed by atoms with Gasteiger partial charge in [0.05, 0.1) is 185 Å². The quantitative estimate of drug-likeness (QED) is 0.0827. The molecule has 0 bridgehead atoms. The molecule has 0 N–H and O–H groups in total. The van der Waals surface area contributed by atoms with Gasteiger partial charge in [0, 0.05) is 13.2 Å². The van der Waals surface area contributed by atoms with Crippen LogP contribution in [0.4, 0.5) is 0 Å². The van der Waals surface area contributed by atoms with E-state index in [-0.39, 0.29) is 12.6 Å². The number of ether oxygens (including phenoxy) is 17. The van der Waals surface area contributed by atoms with Crippen LogP contribution in [0.5, 0.6) is 0 Å². The summed E-state index contributed by atoms with van der Waals surface area (Å²) in [5.41, 5.74) is 0. The summed E-state index contributed by atoms with van der Waals surface area (Å²) in [4.78, 5) is 0. The molecular formula is C38H74O17. The zero-order chi connectivity index (χ0) is 38.6. The highest BCUT2D eigenvalue weighted by atomic mass is 16.7. The molecule has 2 rings (SSSR count). The molecule has 0 unspecified atom stereocenters. The predicted molar refractivity (Wildman–Crippen MR) is 200 cm³/mol. The predicted octanol–water partition coefficient (Wildman–Crippen LogP) is 2.29. The molecule has 2 fully saturated rings. The fourth-order valence-corrected chi connectivity index (χ4v) is 4.90. The smallest absolute Gasteiger partial charge is 0.157 e. The molecule has 0 aromatic rings. The lowest BCUT2D eigenvalue weighted by atomic mass is 10.2. The first-order valence-electron chi connectivity index (χ1n) is 20.4. The molecule has 55 heavy (non-hydrogen) atoms. The van der Waals surface area contributed by atoms with Gasteiger partial charge in [-0.25, -0.2) is 0 Å². The lowest BCUT2D eigenvalue weighted by molar-refractivity contribution is -0.169. The third-order valence-corrected chi connectivity index (χ3v) is 7.80. The summed E-state index contributed by atoms with van der Waals surface area (Å²) in [6, 6.07) is 0. The van der Waals surface area contributed by atoms with Crippen LogP contribution in [0.25, 0.3) is 0 Å². The zero-order valence-corrected chi connectivity index (χ0v) is 33.6. The van der Waals surface area contributed by atoms with E-state index in [0.29, 0.717) is 185 Å². The Kier molecular flexibility index (Phi) is 39.4. The van der Waals surface area contributed by atoms with Crippen LogP contribution in [0.3, 0.4) is 0 Å². The second-order valence-electron chi connectivity index (χ2n) is 12.3. The highest BCUT2D eigenvalue weighted by molar-refractivity contribution is 4.54. The first kappa shape index (κ1) is 50.5. The summed E-state index contributed by atoms with van der Waals surface area (Å²) in [5, 5.41) is 0. The van der Waals surface area contributed by atoms with E-state index in [0.717, 1.165) is 51.7 Å². The van der Waals surface area contributed by atoms with E-state index in [1.165, 1.54) is 0 Å². The summed E-state index contributed by atoms with van der Waals surface area (Å²) < 4.78 is 93.7. The van der Waals surface area contributed by atoms with Crippen molar-refractivity contribution in [3.8, 4) is 0 Å². The van der Waals surface area contributed by atoms with Gasteiger partial charge >= 0.3 is 0 Å². The SMILES string of the molecule is C1CC[C@@H](OCCOCCOCCOCCOCCOCCOCCOCCOCCOCCOCCOCCOCCOCCO[C@H]2CCCCO2)OC1. The summed E-state index contributed by atoms with van der Waals surface area (Å²) in [6.07, 6.45) is 6.36. The van der Waals surface area contributed by atoms with Crippen molar-refractivity contribution in [1.82, 2.24) is 0 Å². The molecule has 0 aromatic carbocycles. The van der Waals surface area contributed by atoms with Crippen molar-refractivity contribution in [1.29, 1.82) is 0 Å². The first-order chi connectivity index (χ1) is 27.4. The van der Waals surface area contributed by atoms with Crippen LogP contribution < -0.4 is 0 Å². The molecule has 17 heteroatoms. The molecule has 0 spiro atoms. The van der Waals surface area contributed by atoms with Crippen LogP contribution in [-0.4, -0.2) is 211 Å². The van der Waals surface area contributed by atoms with Gasteiger partial charge in [0.2, 0.25) is 0 Å². The number of hydrogen-bond donors (Lipinski definition) is 0. The summed E-state index contributed by atoms with van der Waals surface area (Å²) >= 11 is 0. The highest BCUT2D eigenvalue weighted by Crippen LogP contribution is 2.14. The first-order valence-corrected chi connectivity index (χ1v) is 20.4. The monoisotopic (exact) mass is 802 g/mol.